The van der Waals surface area contributed by atoms with Crippen molar-refractivity contribution in [1.29, 1.82) is 0 Å². The van der Waals surface area contributed by atoms with Gasteiger partial charge in [0, 0.05) is 13.1 Å². The van der Waals surface area contributed by atoms with Gasteiger partial charge in [-0.1, -0.05) is 17.7 Å². The van der Waals surface area contributed by atoms with Gasteiger partial charge < -0.3 is 5.11 Å². The Morgan fingerprint density at radius 1 is 1.44 bits per heavy atom. The van der Waals surface area contributed by atoms with E-state index in [9.17, 15) is 13.2 Å². The first kappa shape index (κ1) is 13.3. The lowest BCUT2D eigenvalue weighted by Gasteiger charge is -2.35. The van der Waals surface area contributed by atoms with Crippen molar-refractivity contribution >= 4 is 27.6 Å². The van der Waals surface area contributed by atoms with Crippen LogP contribution in [0, 0.1) is 12.8 Å². The van der Waals surface area contributed by atoms with Crippen LogP contribution < -0.4 is 0 Å². The summed E-state index contributed by atoms with van der Waals surface area (Å²) in [5, 5.41) is 8.89. The first-order valence-electron chi connectivity index (χ1n) is 5.31. The monoisotopic (exact) mass is 289 g/mol. The van der Waals surface area contributed by atoms with Crippen LogP contribution in [0.2, 0.25) is 5.02 Å². The number of sulfonamides is 1. The number of hydrogen-bond donors (Lipinski definition) is 1. The van der Waals surface area contributed by atoms with E-state index in [1.54, 1.807) is 12.1 Å². The molecule has 0 spiro atoms. The van der Waals surface area contributed by atoms with Gasteiger partial charge in [0.2, 0.25) is 10.0 Å². The fourth-order valence-electron chi connectivity index (χ4n) is 1.74. The van der Waals surface area contributed by atoms with Gasteiger partial charge in [-0.3, -0.25) is 4.79 Å². The molecule has 5 nitrogen and oxygen atoms in total. The molecule has 0 unspecified atom stereocenters. The third-order valence-corrected chi connectivity index (χ3v) is 5.22. The minimum absolute atomic E-state index is 0.00186. The third kappa shape index (κ3) is 2.23. The molecule has 0 saturated carbocycles. The Morgan fingerprint density at radius 3 is 2.56 bits per heavy atom. The van der Waals surface area contributed by atoms with Crippen LogP contribution in [-0.2, 0) is 14.8 Å². The highest BCUT2D eigenvalue weighted by Crippen LogP contribution is 2.30. The second-order valence-corrected chi connectivity index (χ2v) is 6.60. The number of aryl methyl sites for hydroxylation is 1. The Bertz CT molecular complexity index is 593. The van der Waals surface area contributed by atoms with E-state index in [0.29, 0.717) is 0 Å². The van der Waals surface area contributed by atoms with Gasteiger partial charge in [0.15, 0.2) is 0 Å². The summed E-state index contributed by atoms with van der Waals surface area (Å²) in [6.07, 6.45) is 0. The summed E-state index contributed by atoms with van der Waals surface area (Å²) in [6.45, 7) is 1.82. The maximum Gasteiger partial charge on any atom is 0.309 e. The molecule has 1 aliphatic heterocycles. The zero-order valence-electron chi connectivity index (χ0n) is 9.63. The predicted molar refractivity (Wildman–Crippen MR) is 66.1 cm³/mol. The van der Waals surface area contributed by atoms with E-state index >= 15 is 0 Å². The van der Waals surface area contributed by atoms with Gasteiger partial charge in [-0.05, 0) is 24.6 Å². The van der Waals surface area contributed by atoms with Crippen LogP contribution in [0.5, 0.6) is 0 Å². The first-order valence-corrected chi connectivity index (χ1v) is 7.13. The van der Waals surface area contributed by atoms with Crippen molar-refractivity contribution < 1.29 is 18.3 Å². The number of carboxylic acids is 1. The molecular weight excluding hydrogens is 278 g/mol. The minimum Gasteiger partial charge on any atom is -0.481 e. The van der Waals surface area contributed by atoms with Crippen LogP contribution in [-0.4, -0.2) is 36.9 Å². The molecule has 0 atom stereocenters. The molecule has 1 aromatic carbocycles. The van der Waals surface area contributed by atoms with Crippen molar-refractivity contribution in [3.05, 3.63) is 28.8 Å². The Morgan fingerprint density at radius 2 is 2.06 bits per heavy atom. The van der Waals surface area contributed by atoms with Gasteiger partial charge in [0.1, 0.15) is 4.90 Å². The van der Waals surface area contributed by atoms with E-state index in [1.165, 1.54) is 6.07 Å². The van der Waals surface area contributed by atoms with E-state index in [-0.39, 0.29) is 23.0 Å². The quantitative estimate of drug-likeness (QED) is 0.911. The molecule has 1 aliphatic rings. The summed E-state index contributed by atoms with van der Waals surface area (Å²) in [4.78, 5) is 10.7. The SMILES string of the molecule is Cc1ccc(S(=O)(=O)N2CC(C(=O)O)C2)c(Cl)c1. The largest absolute Gasteiger partial charge is 0.481 e. The fourth-order valence-corrected chi connectivity index (χ4v) is 3.85. The highest BCUT2D eigenvalue weighted by molar-refractivity contribution is 7.89. The van der Waals surface area contributed by atoms with Crippen molar-refractivity contribution in [2.24, 2.45) is 5.92 Å². The van der Waals surface area contributed by atoms with E-state index in [1.807, 2.05) is 6.92 Å². The van der Waals surface area contributed by atoms with Gasteiger partial charge in [0.05, 0.1) is 10.9 Å². The van der Waals surface area contributed by atoms with Crippen molar-refractivity contribution in [2.45, 2.75) is 11.8 Å². The molecule has 1 fully saturated rings. The fraction of sp³-hybridized carbons (Fsp3) is 0.364. The van der Waals surface area contributed by atoms with Crippen LogP contribution >= 0.6 is 11.6 Å². The molecular formula is C11H12ClNO4S. The highest BCUT2D eigenvalue weighted by Gasteiger charge is 2.41. The van der Waals surface area contributed by atoms with Crippen molar-refractivity contribution in [1.82, 2.24) is 4.31 Å². The molecule has 0 amide bonds. The Hall–Kier alpha value is -1.11. The minimum atomic E-state index is -3.68. The van der Waals surface area contributed by atoms with Crippen LogP contribution in [0.4, 0.5) is 0 Å². The molecule has 0 radical (unpaired) electrons. The molecule has 0 aliphatic carbocycles. The number of halogens is 1. The zero-order valence-corrected chi connectivity index (χ0v) is 11.2. The van der Waals surface area contributed by atoms with Crippen LogP contribution in [0.1, 0.15) is 5.56 Å². The molecule has 2 rings (SSSR count). The smallest absolute Gasteiger partial charge is 0.309 e. The van der Waals surface area contributed by atoms with Crippen molar-refractivity contribution in [3.63, 3.8) is 0 Å². The van der Waals surface area contributed by atoms with Crippen molar-refractivity contribution in [3.8, 4) is 0 Å². The lowest BCUT2D eigenvalue weighted by atomic mass is 10.0. The zero-order chi connectivity index (χ0) is 13.5. The Balaban J connectivity index is 2.25. The van der Waals surface area contributed by atoms with Gasteiger partial charge in [0.25, 0.3) is 0 Å². The Labute approximate surface area is 110 Å². The number of carboxylic acid groups (broad SMARTS) is 1. The molecule has 1 saturated heterocycles. The summed E-state index contributed by atoms with van der Waals surface area (Å²) in [5.74, 6) is -1.60. The molecule has 7 heteroatoms. The topological polar surface area (TPSA) is 74.7 Å². The average Bonchev–Trinajstić information content (AvgIpc) is 2.12. The summed E-state index contributed by atoms with van der Waals surface area (Å²) in [6, 6.07) is 4.68. The molecule has 0 aromatic heterocycles. The van der Waals surface area contributed by atoms with Gasteiger partial charge in [-0.2, -0.15) is 4.31 Å². The number of rotatable bonds is 3. The van der Waals surface area contributed by atoms with Crippen LogP contribution in [0.25, 0.3) is 0 Å². The van der Waals surface area contributed by atoms with E-state index < -0.39 is 21.9 Å². The lowest BCUT2D eigenvalue weighted by molar-refractivity contribution is -0.145. The number of carbonyl (C=O) groups is 1. The van der Waals surface area contributed by atoms with E-state index in [4.69, 9.17) is 16.7 Å². The standard InChI is InChI=1S/C11H12ClNO4S/c1-7-2-3-10(9(12)4-7)18(16,17)13-5-8(6-13)11(14)15/h2-4,8H,5-6H2,1H3,(H,14,15). The van der Waals surface area contributed by atoms with Gasteiger partial charge in [-0.25, -0.2) is 8.42 Å². The molecule has 98 valence electrons. The lowest BCUT2D eigenvalue weighted by Crippen LogP contribution is -2.52. The normalized spacial score (nSPS) is 17.4. The molecule has 1 N–H and O–H groups in total. The second-order valence-electron chi connectivity index (χ2n) is 4.29. The number of nitrogens with zero attached hydrogens (tertiary/aromatic N) is 1. The number of aliphatic carboxylic acids is 1. The van der Waals surface area contributed by atoms with E-state index in [0.717, 1.165) is 9.87 Å². The molecule has 0 bridgehead atoms. The summed E-state index contributed by atoms with van der Waals surface area (Å²) in [5.41, 5.74) is 0.867. The Kier molecular flexibility index (Phi) is 3.35. The third-order valence-electron chi connectivity index (χ3n) is 2.90. The van der Waals surface area contributed by atoms with Crippen LogP contribution in [0.15, 0.2) is 23.1 Å². The van der Waals surface area contributed by atoms with Crippen molar-refractivity contribution in [2.75, 3.05) is 13.1 Å². The predicted octanol–water partition coefficient (Wildman–Crippen LogP) is 1.35. The van der Waals surface area contributed by atoms with E-state index in [2.05, 4.69) is 0 Å². The summed E-state index contributed by atoms with van der Waals surface area (Å²) in [7, 11) is -3.68. The molecule has 1 heterocycles. The average molecular weight is 290 g/mol. The summed E-state index contributed by atoms with van der Waals surface area (Å²) >= 11 is 5.92. The van der Waals surface area contributed by atoms with Gasteiger partial charge >= 0.3 is 5.97 Å². The maximum atomic E-state index is 12.2. The molecule has 18 heavy (non-hydrogen) atoms. The first-order chi connectivity index (χ1) is 8.32. The molecule has 1 aromatic rings. The maximum absolute atomic E-state index is 12.2. The number of hydrogen-bond acceptors (Lipinski definition) is 3. The van der Waals surface area contributed by atoms with Gasteiger partial charge in [-0.15, -0.1) is 0 Å². The highest BCUT2D eigenvalue weighted by atomic mass is 35.5. The van der Waals surface area contributed by atoms with Crippen LogP contribution in [0.3, 0.4) is 0 Å². The number of benzene rings is 1. The summed E-state index contributed by atoms with van der Waals surface area (Å²) < 4.78 is 25.5. The second kappa shape index (κ2) is 4.53.